The Labute approximate surface area is 98.3 Å². The van der Waals surface area contributed by atoms with Crippen molar-refractivity contribution < 1.29 is 4.21 Å². The maximum absolute atomic E-state index is 11.1. The molecule has 0 fully saturated rings. The summed E-state index contributed by atoms with van der Waals surface area (Å²) in [6, 6.07) is 0.102. The quantitative estimate of drug-likeness (QED) is 0.798. The van der Waals surface area contributed by atoms with Crippen LogP contribution in [0.1, 0.15) is 19.4 Å². The van der Waals surface area contributed by atoms with Crippen LogP contribution in [0.5, 0.6) is 0 Å². The van der Waals surface area contributed by atoms with E-state index < -0.39 is 10.8 Å². The van der Waals surface area contributed by atoms with Gasteiger partial charge in [-0.05, 0) is 13.3 Å². The number of rotatable bonds is 5. The van der Waals surface area contributed by atoms with Gasteiger partial charge in [0.1, 0.15) is 18.0 Å². The molecule has 0 aliphatic carbocycles. The molecule has 0 radical (unpaired) electrons. The molecule has 0 saturated heterocycles. The van der Waals surface area contributed by atoms with Crippen molar-refractivity contribution in [2.75, 3.05) is 23.1 Å². The molecular weight excluding hydrogens is 224 g/mol. The van der Waals surface area contributed by atoms with E-state index in [1.165, 1.54) is 6.33 Å². The van der Waals surface area contributed by atoms with Crippen LogP contribution in [0.15, 0.2) is 6.33 Å². The largest absolute Gasteiger partial charge is 0.383 e. The third-order valence-corrected chi connectivity index (χ3v) is 3.17. The van der Waals surface area contributed by atoms with Crippen LogP contribution in [0.25, 0.3) is 0 Å². The van der Waals surface area contributed by atoms with Gasteiger partial charge in [0.15, 0.2) is 0 Å². The molecule has 0 bridgehead atoms. The fourth-order valence-electron chi connectivity index (χ4n) is 1.53. The van der Waals surface area contributed by atoms with Gasteiger partial charge in [-0.3, -0.25) is 4.21 Å². The highest BCUT2D eigenvalue weighted by atomic mass is 32.2. The number of nitrogens with two attached hydrogens (primary N) is 1. The van der Waals surface area contributed by atoms with Crippen molar-refractivity contribution in [3.05, 3.63) is 11.9 Å². The first-order valence-corrected chi connectivity index (χ1v) is 6.93. The molecule has 5 nitrogen and oxygen atoms in total. The molecule has 1 aromatic rings. The molecule has 1 aromatic heterocycles. The van der Waals surface area contributed by atoms with Crippen molar-refractivity contribution >= 4 is 22.4 Å². The summed E-state index contributed by atoms with van der Waals surface area (Å²) in [5.41, 5.74) is 6.67. The predicted octanol–water partition coefficient (Wildman–Crippen LogP) is 0.800. The Morgan fingerprint density at radius 1 is 1.56 bits per heavy atom. The van der Waals surface area contributed by atoms with Crippen LogP contribution in [0, 0.1) is 0 Å². The molecule has 0 aromatic carbocycles. The summed E-state index contributed by atoms with van der Waals surface area (Å²) in [4.78, 5) is 8.10. The maximum atomic E-state index is 11.1. The normalized spacial score (nSPS) is 14.4. The highest BCUT2D eigenvalue weighted by Crippen LogP contribution is 2.18. The van der Waals surface area contributed by atoms with E-state index in [2.05, 4.69) is 15.3 Å². The van der Waals surface area contributed by atoms with Crippen LogP contribution < -0.4 is 11.1 Å². The van der Waals surface area contributed by atoms with E-state index >= 15 is 0 Å². The summed E-state index contributed by atoms with van der Waals surface area (Å²) in [6.07, 6.45) is 3.90. The van der Waals surface area contributed by atoms with Crippen molar-refractivity contribution in [3.63, 3.8) is 0 Å². The van der Waals surface area contributed by atoms with Crippen LogP contribution >= 0.6 is 0 Å². The predicted molar refractivity (Wildman–Crippen MR) is 67.8 cm³/mol. The maximum Gasteiger partial charge on any atom is 0.134 e. The third kappa shape index (κ3) is 3.44. The minimum Gasteiger partial charge on any atom is -0.383 e. The molecule has 0 aliphatic rings. The monoisotopic (exact) mass is 242 g/mol. The molecule has 2 unspecified atom stereocenters. The number of anilines is 2. The number of hydrogen-bond acceptors (Lipinski definition) is 5. The number of aromatic nitrogens is 2. The smallest absolute Gasteiger partial charge is 0.134 e. The Bertz CT molecular complexity index is 383. The Morgan fingerprint density at radius 2 is 2.25 bits per heavy atom. The molecule has 0 spiro atoms. The molecule has 0 aliphatic heterocycles. The molecular formula is C10H18N4OS. The minimum absolute atomic E-state index is 0.102. The van der Waals surface area contributed by atoms with Gasteiger partial charge >= 0.3 is 0 Å². The van der Waals surface area contributed by atoms with Crippen LogP contribution in [0.2, 0.25) is 0 Å². The van der Waals surface area contributed by atoms with Crippen LogP contribution in [-0.2, 0) is 17.2 Å². The van der Waals surface area contributed by atoms with E-state index in [-0.39, 0.29) is 6.04 Å². The highest BCUT2D eigenvalue weighted by molar-refractivity contribution is 7.84. The Kier molecular flexibility index (Phi) is 4.67. The van der Waals surface area contributed by atoms with Gasteiger partial charge in [-0.25, -0.2) is 9.97 Å². The first kappa shape index (κ1) is 12.9. The lowest BCUT2D eigenvalue weighted by Gasteiger charge is -2.16. The van der Waals surface area contributed by atoms with Crippen molar-refractivity contribution in [2.45, 2.75) is 26.3 Å². The molecule has 1 rings (SSSR count). The summed E-state index contributed by atoms with van der Waals surface area (Å²) in [5.74, 6) is 1.84. The van der Waals surface area contributed by atoms with Crippen molar-refractivity contribution in [1.82, 2.24) is 9.97 Å². The topological polar surface area (TPSA) is 80.9 Å². The zero-order valence-corrected chi connectivity index (χ0v) is 10.7. The molecule has 0 amide bonds. The van der Waals surface area contributed by atoms with E-state index in [1.807, 2.05) is 13.8 Å². The molecule has 6 heteroatoms. The molecule has 16 heavy (non-hydrogen) atoms. The first-order chi connectivity index (χ1) is 7.54. The Hall–Kier alpha value is -1.17. The molecule has 3 N–H and O–H groups in total. The van der Waals surface area contributed by atoms with E-state index in [0.29, 0.717) is 11.6 Å². The van der Waals surface area contributed by atoms with Gasteiger partial charge < -0.3 is 11.1 Å². The van der Waals surface area contributed by atoms with Gasteiger partial charge in [-0.2, -0.15) is 0 Å². The fraction of sp³-hybridized carbons (Fsp3) is 0.600. The molecule has 2 atom stereocenters. The van der Waals surface area contributed by atoms with Gasteiger partial charge in [0.05, 0.1) is 0 Å². The molecule has 1 heterocycles. The minimum atomic E-state index is -0.820. The average Bonchev–Trinajstić information content (AvgIpc) is 2.16. The zero-order chi connectivity index (χ0) is 12.1. The van der Waals surface area contributed by atoms with Gasteiger partial charge in [0.2, 0.25) is 0 Å². The van der Waals surface area contributed by atoms with Gasteiger partial charge in [-0.1, -0.05) is 6.92 Å². The second kappa shape index (κ2) is 5.79. The van der Waals surface area contributed by atoms with Crippen molar-refractivity contribution in [3.8, 4) is 0 Å². The van der Waals surface area contributed by atoms with E-state index in [9.17, 15) is 4.21 Å². The first-order valence-electron chi connectivity index (χ1n) is 5.20. The van der Waals surface area contributed by atoms with Crippen LogP contribution in [0.3, 0.4) is 0 Å². The Morgan fingerprint density at radius 3 is 2.81 bits per heavy atom. The summed E-state index contributed by atoms with van der Waals surface area (Å²) in [6.45, 7) is 3.97. The fourth-order valence-corrected chi connectivity index (χ4v) is 2.31. The highest BCUT2D eigenvalue weighted by Gasteiger charge is 2.10. The van der Waals surface area contributed by atoms with Crippen molar-refractivity contribution in [2.24, 2.45) is 0 Å². The van der Waals surface area contributed by atoms with E-state index in [1.54, 1.807) is 6.26 Å². The Balaban J connectivity index is 2.80. The number of hydrogen-bond donors (Lipinski definition) is 2. The molecule has 90 valence electrons. The van der Waals surface area contributed by atoms with E-state index in [4.69, 9.17) is 5.73 Å². The van der Waals surface area contributed by atoms with Crippen LogP contribution in [0.4, 0.5) is 11.6 Å². The number of nitrogen functional groups attached to an aromatic ring is 1. The lowest BCUT2D eigenvalue weighted by atomic mass is 10.2. The third-order valence-electron chi connectivity index (χ3n) is 2.20. The SMILES string of the molecule is CCc1c(N)ncnc1NC(C)CS(C)=O. The van der Waals surface area contributed by atoms with Gasteiger partial charge in [0, 0.05) is 34.4 Å². The number of nitrogens with one attached hydrogen (secondary N) is 1. The lowest BCUT2D eigenvalue weighted by Crippen LogP contribution is -2.24. The summed E-state index contributed by atoms with van der Waals surface area (Å²) in [5, 5.41) is 3.21. The standard InChI is InChI=1S/C10H18N4OS/c1-4-8-9(11)12-6-13-10(8)14-7(2)5-16(3)15/h6-7H,4-5H2,1-3H3,(H3,11,12,13,14). The molecule has 0 saturated carbocycles. The summed E-state index contributed by atoms with van der Waals surface area (Å²) in [7, 11) is -0.820. The average molecular weight is 242 g/mol. The second-order valence-corrected chi connectivity index (χ2v) is 5.20. The zero-order valence-electron chi connectivity index (χ0n) is 9.86. The summed E-state index contributed by atoms with van der Waals surface area (Å²) >= 11 is 0. The van der Waals surface area contributed by atoms with Crippen LogP contribution in [-0.4, -0.2) is 32.2 Å². The number of nitrogens with zero attached hydrogens (tertiary/aromatic N) is 2. The van der Waals surface area contributed by atoms with Gasteiger partial charge in [-0.15, -0.1) is 0 Å². The lowest BCUT2D eigenvalue weighted by molar-refractivity contribution is 0.682. The second-order valence-electron chi connectivity index (χ2n) is 3.72. The van der Waals surface area contributed by atoms with Gasteiger partial charge in [0.25, 0.3) is 0 Å². The van der Waals surface area contributed by atoms with E-state index in [0.717, 1.165) is 17.8 Å². The van der Waals surface area contributed by atoms with Crippen molar-refractivity contribution in [1.29, 1.82) is 0 Å². The summed E-state index contributed by atoms with van der Waals surface area (Å²) < 4.78 is 11.1.